The fraction of sp³-hybridized carbons (Fsp3) is 0.200. The number of benzene rings is 3. The SMILES string of the molecule is CN1CCN(C(=O)c2cccc(NC(=O)c3ccc(-c4ccccc4)cc3)c2)CC1. The van der Waals surface area contributed by atoms with E-state index in [1.54, 1.807) is 24.3 Å². The Morgan fingerprint density at radius 1 is 0.733 bits per heavy atom. The van der Waals surface area contributed by atoms with Crippen molar-refractivity contribution in [1.29, 1.82) is 0 Å². The molecule has 1 fully saturated rings. The second-order valence-corrected chi connectivity index (χ2v) is 7.57. The first kappa shape index (κ1) is 19.9. The lowest BCUT2D eigenvalue weighted by molar-refractivity contribution is 0.0664. The summed E-state index contributed by atoms with van der Waals surface area (Å²) in [5.74, 6) is -0.190. The molecule has 3 aromatic rings. The second kappa shape index (κ2) is 8.93. The summed E-state index contributed by atoms with van der Waals surface area (Å²) in [6, 6.07) is 24.7. The minimum Gasteiger partial charge on any atom is -0.336 e. The molecule has 0 atom stereocenters. The van der Waals surface area contributed by atoms with Crippen LogP contribution in [0.4, 0.5) is 5.69 Å². The van der Waals surface area contributed by atoms with Gasteiger partial charge in [-0.15, -0.1) is 0 Å². The van der Waals surface area contributed by atoms with Crippen molar-refractivity contribution >= 4 is 17.5 Å². The third-order valence-corrected chi connectivity index (χ3v) is 5.41. The molecule has 0 unspecified atom stereocenters. The van der Waals surface area contributed by atoms with E-state index in [2.05, 4.69) is 17.3 Å². The summed E-state index contributed by atoms with van der Waals surface area (Å²) in [5.41, 5.74) is 3.96. The van der Waals surface area contributed by atoms with Crippen molar-refractivity contribution in [2.75, 3.05) is 38.5 Å². The topological polar surface area (TPSA) is 52.6 Å². The van der Waals surface area contributed by atoms with Crippen molar-refractivity contribution in [2.24, 2.45) is 0 Å². The van der Waals surface area contributed by atoms with E-state index in [-0.39, 0.29) is 11.8 Å². The van der Waals surface area contributed by atoms with Crippen LogP contribution in [-0.4, -0.2) is 54.8 Å². The molecule has 1 heterocycles. The maximum absolute atomic E-state index is 12.8. The second-order valence-electron chi connectivity index (χ2n) is 7.57. The average Bonchev–Trinajstić information content (AvgIpc) is 2.80. The summed E-state index contributed by atoms with van der Waals surface area (Å²) in [4.78, 5) is 29.5. The van der Waals surface area contributed by atoms with E-state index >= 15 is 0 Å². The van der Waals surface area contributed by atoms with Gasteiger partial charge in [0.15, 0.2) is 0 Å². The number of rotatable bonds is 4. The van der Waals surface area contributed by atoms with Crippen molar-refractivity contribution in [3.8, 4) is 11.1 Å². The number of carbonyl (C=O) groups is 2. The standard InChI is InChI=1S/C25H25N3O2/c1-27-14-16-28(17-15-27)25(30)22-8-5-9-23(18-22)26-24(29)21-12-10-20(11-13-21)19-6-3-2-4-7-19/h2-13,18H,14-17H2,1H3,(H,26,29). The number of nitrogens with one attached hydrogen (secondary N) is 1. The molecule has 0 aromatic heterocycles. The quantitative estimate of drug-likeness (QED) is 0.722. The molecule has 2 amide bonds. The maximum atomic E-state index is 12.8. The van der Waals surface area contributed by atoms with Crippen molar-refractivity contribution in [3.05, 3.63) is 90.0 Å². The molecule has 152 valence electrons. The van der Waals surface area contributed by atoms with E-state index in [4.69, 9.17) is 0 Å². The van der Waals surface area contributed by atoms with Crippen LogP contribution >= 0.6 is 0 Å². The van der Waals surface area contributed by atoms with Crippen LogP contribution in [0.5, 0.6) is 0 Å². The normalized spacial score (nSPS) is 14.4. The van der Waals surface area contributed by atoms with Gasteiger partial charge in [-0.2, -0.15) is 0 Å². The van der Waals surface area contributed by atoms with Gasteiger partial charge in [0.1, 0.15) is 0 Å². The summed E-state index contributed by atoms with van der Waals surface area (Å²) >= 11 is 0. The van der Waals surface area contributed by atoms with Crippen LogP contribution in [0.2, 0.25) is 0 Å². The highest BCUT2D eigenvalue weighted by molar-refractivity contribution is 6.05. The van der Waals surface area contributed by atoms with Gasteiger partial charge < -0.3 is 15.1 Å². The Balaban J connectivity index is 1.43. The van der Waals surface area contributed by atoms with Crippen LogP contribution in [0.3, 0.4) is 0 Å². The molecule has 0 aliphatic carbocycles. The van der Waals surface area contributed by atoms with Crippen molar-refractivity contribution in [3.63, 3.8) is 0 Å². The first-order valence-corrected chi connectivity index (χ1v) is 10.1. The highest BCUT2D eigenvalue weighted by Crippen LogP contribution is 2.20. The van der Waals surface area contributed by atoms with Gasteiger partial charge in [-0.1, -0.05) is 48.5 Å². The largest absolute Gasteiger partial charge is 0.336 e. The first-order valence-electron chi connectivity index (χ1n) is 10.1. The van der Waals surface area contributed by atoms with E-state index < -0.39 is 0 Å². The Bertz CT molecular complexity index is 1020. The molecule has 1 saturated heterocycles. The van der Waals surface area contributed by atoms with E-state index in [0.717, 1.165) is 37.3 Å². The summed E-state index contributed by atoms with van der Waals surface area (Å²) in [7, 11) is 2.06. The van der Waals surface area contributed by atoms with Crippen molar-refractivity contribution in [2.45, 2.75) is 0 Å². The smallest absolute Gasteiger partial charge is 0.255 e. The molecule has 1 N–H and O–H groups in total. The maximum Gasteiger partial charge on any atom is 0.255 e. The number of anilines is 1. The molecule has 0 radical (unpaired) electrons. The zero-order valence-electron chi connectivity index (χ0n) is 17.0. The predicted molar refractivity (Wildman–Crippen MR) is 120 cm³/mol. The predicted octanol–water partition coefficient (Wildman–Crippen LogP) is 3.99. The third-order valence-electron chi connectivity index (χ3n) is 5.41. The Morgan fingerprint density at radius 3 is 2.10 bits per heavy atom. The zero-order chi connectivity index (χ0) is 20.9. The van der Waals surface area contributed by atoms with Gasteiger partial charge in [0.25, 0.3) is 11.8 Å². The van der Waals surface area contributed by atoms with Gasteiger partial charge in [0.05, 0.1) is 0 Å². The molecule has 5 nitrogen and oxygen atoms in total. The molecule has 3 aromatic carbocycles. The number of likely N-dealkylation sites (N-methyl/N-ethyl adjacent to an activating group) is 1. The molecule has 0 spiro atoms. The summed E-state index contributed by atoms with van der Waals surface area (Å²) in [5, 5.41) is 2.90. The summed E-state index contributed by atoms with van der Waals surface area (Å²) < 4.78 is 0. The first-order chi connectivity index (χ1) is 14.6. The Hall–Kier alpha value is -3.44. The number of nitrogens with zero attached hydrogens (tertiary/aromatic N) is 2. The number of hydrogen-bond donors (Lipinski definition) is 1. The van der Waals surface area contributed by atoms with Crippen molar-refractivity contribution in [1.82, 2.24) is 9.80 Å². The Morgan fingerprint density at radius 2 is 1.40 bits per heavy atom. The molecule has 30 heavy (non-hydrogen) atoms. The number of hydrogen-bond acceptors (Lipinski definition) is 3. The number of amides is 2. The van der Waals surface area contributed by atoms with Crippen LogP contribution < -0.4 is 5.32 Å². The monoisotopic (exact) mass is 399 g/mol. The lowest BCUT2D eigenvalue weighted by atomic mass is 10.0. The summed E-state index contributed by atoms with van der Waals surface area (Å²) in [6.07, 6.45) is 0. The van der Waals surface area contributed by atoms with Crippen LogP contribution in [0.15, 0.2) is 78.9 Å². The Labute approximate surface area is 176 Å². The average molecular weight is 399 g/mol. The highest BCUT2D eigenvalue weighted by atomic mass is 16.2. The molecule has 4 rings (SSSR count). The Kier molecular flexibility index (Phi) is 5.91. The zero-order valence-corrected chi connectivity index (χ0v) is 17.0. The van der Waals surface area contributed by atoms with Crippen LogP contribution in [0.25, 0.3) is 11.1 Å². The van der Waals surface area contributed by atoms with Gasteiger partial charge in [-0.05, 0) is 48.5 Å². The fourth-order valence-electron chi connectivity index (χ4n) is 3.57. The summed E-state index contributed by atoms with van der Waals surface area (Å²) in [6.45, 7) is 3.20. The fourth-order valence-corrected chi connectivity index (χ4v) is 3.57. The molecule has 0 bridgehead atoms. The molecule has 1 aliphatic heterocycles. The van der Waals surface area contributed by atoms with E-state index in [1.165, 1.54) is 0 Å². The lowest BCUT2D eigenvalue weighted by Gasteiger charge is -2.32. The highest BCUT2D eigenvalue weighted by Gasteiger charge is 2.20. The molecule has 1 aliphatic rings. The number of piperazine rings is 1. The van der Waals surface area contributed by atoms with E-state index in [9.17, 15) is 9.59 Å². The van der Waals surface area contributed by atoms with Gasteiger partial charge in [-0.3, -0.25) is 9.59 Å². The van der Waals surface area contributed by atoms with E-state index in [0.29, 0.717) is 16.8 Å². The minimum absolute atomic E-state index is 0.00594. The molecule has 0 saturated carbocycles. The van der Waals surface area contributed by atoms with Crippen LogP contribution in [0, 0.1) is 0 Å². The van der Waals surface area contributed by atoms with Gasteiger partial charge in [0.2, 0.25) is 0 Å². The molecular weight excluding hydrogens is 374 g/mol. The van der Waals surface area contributed by atoms with Crippen LogP contribution in [-0.2, 0) is 0 Å². The van der Waals surface area contributed by atoms with Gasteiger partial charge >= 0.3 is 0 Å². The van der Waals surface area contributed by atoms with Gasteiger partial charge in [-0.25, -0.2) is 0 Å². The van der Waals surface area contributed by atoms with Gasteiger partial charge in [0, 0.05) is 43.0 Å². The molecular formula is C25H25N3O2. The minimum atomic E-state index is -0.196. The lowest BCUT2D eigenvalue weighted by Crippen LogP contribution is -2.47. The van der Waals surface area contributed by atoms with E-state index in [1.807, 2.05) is 59.5 Å². The third kappa shape index (κ3) is 4.58. The molecule has 5 heteroatoms. The number of carbonyl (C=O) groups excluding carboxylic acids is 2. The van der Waals surface area contributed by atoms with Crippen molar-refractivity contribution < 1.29 is 9.59 Å². The van der Waals surface area contributed by atoms with Crippen LogP contribution in [0.1, 0.15) is 20.7 Å².